The number of carbonyl (C=O) groups is 2. The van der Waals surface area contributed by atoms with Crippen molar-refractivity contribution in [2.75, 3.05) is 7.11 Å². The van der Waals surface area contributed by atoms with E-state index in [2.05, 4.69) is 4.57 Å². The number of hydrogen-bond donors (Lipinski definition) is 0. The van der Waals surface area contributed by atoms with Gasteiger partial charge in [-0.3, -0.25) is 14.5 Å². The van der Waals surface area contributed by atoms with Gasteiger partial charge in [0.05, 0.1) is 18.6 Å². The Balaban J connectivity index is 1.44. The number of methoxy groups -OCH3 is 1. The number of thioether (sulfide) groups is 1. The highest BCUT2D eigenvalue weighted by Gasteiger charge is 2.35. The van der Waals surface area contributed by atoms with Gasteiger partial charge in [0.25, 0.3) is 11.1 Å². The smallest absolute Gasteiger partial charge is 0.293 e. The first-order chi connectivity index (χ1) is 16.5. The fourth-order valence-corrected chi connectivity index (χ4v) is 5.27. The van der Waals surface area contributed by atoms with Crippen LogP contribution in [0.4, 0.5) is 4.79 Å². The minimum Gasteiger partial charge on any atom is -0.497 e. The number of benzene rings is 3. The zero-order valence-corrected chi connectivity index (χ0v) is 20.1. The predicted molar refractivity (Wildman–Crippen MR) is 137 cm³/mol. The summed E-state index contributed by atoms with van der Waals surface area (Å²) >= 11 is 0.999. The number of aromatic nitrogens is 1. The lowest BCUT2D eigenvalue weighted by atomic mass is 10.0. The van der Waals surface area contributed by atoms with Crippen molar-refractivity contribution in [1.82, 2.24) is 9.47 Å². The maximum Gasteiger partial charge on any atom is 0.293 e. The van der Waals surface area contributed by atoms with E-state index in [4.69, 9.17) is 4.74 Å². The molecule has 1 fully saturated rings. The van der Waals surface area contributed by atoms with E-state index in [1.165, 1.54) is 4.90 Å². The maximum absolute atomic E-state index is 13.2. The number of aryl methyl sites for hydroxylation is 1. The van der Waals surface area contributed by atoms with Gasteiger partial charge in [-0.1, -0.05) is 42.5 Å². The van der Waals surface area contributed by atoms with E-state index in [0.717, 1.165) is 56.5 Å². The molecular formula is C28H24N2O3S. The van der Waals surface area contributed by atoms with E-state index >= 15 is 0 Å². The summed E-state index contributed by atoms with van der Waals surface area (Å²) in [5.41, 5.74) is 4.94. The summed E-state index contributed by atoms with van der Waals surface area (Å²) < 4.78 is 7.39. The van der Waals surface area contributed by atoms with Crippen LogP contribution in [0.25, 0.3) is 22.5 Å². The highest BCUT2D eigenvalue weighted by Crippen LogP contribution is 2.35. The number of nitrogens with zero attached hydrogens (tertiary/aromatic N) is 2. The fourth-order valence-electron chi connectivity index (χ4n) is 4.44. The number of hydrogen-bond acceptors (Lipinski definition) is 4. The molecule has 0 saturated carbocycles. The van der Waals surface area contributed by atoms with Crippen molar-refractivity contribution in [3.63, 3.8) is 0 Å². The molecule has 2 heterocycles. The minimum atomic E-state index is -0.253. The molecule has 0 aliphatic carbocycles. The van der Waals surface area contributed by atoms with Gasteiger partial charge in [0.2, 0.25) is 0 Å². The second kappa shape index (κ2) is 8.88. The predicted octanol–water partition coefficient (Wildman–Crippen LogP) is 6.49. The Morgan fingerprint density at radius 3 is 2.44 bits per heavy atom. The Bertz CT molecular complexity index is 1450. The zero-order valence-electron chi connectivity index (χ0n) is 19.2. The molecular weight excluding hydrogens is 444 g/mol. The topological polar surface area (TPSA) is 51.5 Å². The second-order valence-electron chi connectivity index (χ2n) is 8.27. The summed E-state index contributed by atoms with van der Waals surface area (Å²) in [7, 11) is 1.65. The largest absolute Gasteiger partial charge is 0.497 e. The first kappa shape index (κ1) is 22.0. The lowest BCUT2D eigenvalue weighted by molar-refractivity contribution is -0.123. The molecule has 170 valence electrons. The lowest BCUT2D eigenvalue weighted by Gasteiger charge is -2.14. The molecule has 34 heavy (non-hydrogen) atoms. The van der Waals surface area contributed by atoms with Crippen LogP contribution in [0, 0.1) is 13.8 Å². The van der Waals surface area contributed by atoms with Gasteiger partial charge < -0.3 is 9.30 Å². The highest BCUT2D eigenvalue weighted by atomic mass is 32.2. The molecule has 0 N–H and O–H groups in total. The van der Waals surface area contributed by atoms with Gasteiger partial charge in [-0.05, 0) is 83.9 Å². The van der Waals surface area contributed by atoms with Gasteiger partial charge in [-0.15, -0.1) is 0 Å². The van der Waals surface area contributed by atoms with E-state index in [1.807, 2.05) is 92.7 Å². The van der Waals surface area contributed by atoms with Crippen molar-refractivity contribution in [2.45, 2.75) is 20.4 Å². The van der Waals surface area contributed by atoms with E-state index in [-0.39, 0.29) is 17.7 Å². The zero-order chi connectivity index (χ0) is 23.8. The molecule has 0 spiro atoms. The monoisotopic (exact) mass is 468 g/mol. The standard InChI is InChI=1S/C28H24N2O3S/c1-18-15-22(19(2)30(18)23-11-13-24(33-3)14-12-23)16-26-27(31)29(28(32)34-26)17-21-9-6-8-20-7-4-5-10-25(20)21/h4-16H,17H2,1-3H3/b26-16+. The molecule has 1 aromatic heterocycles. The molecule has 5 nitrogen and oxygen atoms in total. The van der Waals surface area contributed by atoms with Crippen molar-refractivity contribution >= 4 is 39.8 Å². The molecule has 4 aromatic rings. The van der Waals surface area contributed by atoms with Crippen LogP contribution in [-0.2, 0) is 11.3 Å². The number of carbonyl (C=O) groups excluding carboxylic acids is 2. The molecule has 1 aliphatic heterocycles. The Hall–Kier alpha value is -3.77. The molecule has 6 heteroatoms. The summed E-state index contributed by atoms with van der Waals surface area (Å²) in [6, 6.07) is 23.9. The van der Waals surface area contributed by atoms with Crippen molar-refractivity contribution in [3.8, 4) is 11.4 Å². The van der Waals surface area contributed by atoms with E-state index < -0.39 is 0 Å². The van der Waals surface area contributed by atoms with Gasteiger partial charge in [-0.2, -0.15) is 0 Å². The van der Waals surface area contributed by atoms with Gasteiger partial charge in [-0.25, -0.2) is 0 Å². The maximum atomic E-state index is 13.2. The first-order valence-electron chi connectivity index (χ1n) is 11.0. The normalized spacial score (nSPS) is 15.0. The van der Waals surface area contributed by atoms with E-state index in [0.29, 0.717) is 4.91 Å². The third-order valence-electron chi connectivity index (χ3n) is 6.17. The van der Waals surface area contributed by atoms with Gasteiger partial charge >= 0.3 is 0 Å². The second-order valence-corrected chi connectivity index (χ2v) is 9.26. The SMILES string of the molecule is COc1ccc(-n2c(C)cc(/C=C3/SC(=O)N(Cc4cccc5ccccc45)C3=O)c2C)cc1. The van der Waals surface area contributed by atoms with Gasteiger partial charge in [0.1, 0.15) is 5.75 Å². The fraction of sp³-hybridized carbons (Fsp3) is 0.143. The molecule has 2 amide bonds. The Labute approximate surface area is 202 Å². The molecule has 1 saturated heterocycles. The first-order valence-corrected chi connectivity index (χ1v) is 11.8. The van der Waals surface area contributed by atoms with Crippen LogP contribution < -0.4 is 4.74 Å². The number of rotatable bonds is 5. The Morgan fingerprint density at radius 1 is 0.941 bits per heavy atom. The van der Waals surface area contributed by atoms with Crippen molar-refractivity contribution in [1.29, 1.82) is 0 Å². The van der Waals surface area contributed by atoms with Gasteiger partial charge in [0, 0.05) is 17.1 Å². The number of ether oxygens (including phenoxy) is 1. The van der Waals surface area contributed by atoms with Crippen molar-refractivity contribution in [3.05, 3.63) is 100 Å². The summed E-state index contributed by atoms with van der Waals surface area (Å²) in [5.74, 6) is 0.545. The van der Waals surface area contributed by atoms with Crippen LogP contribution in [0.5, 0.6) is 5.75 Å². The molecule has 1 aliphatic rings. The Kier molecular flexibility index (Phi) is 5.75. The van der Waals surface area contributed by atoms with E-state index in [9.17, 15) is 9.59 Å². The Morgan fingerprint density at radius 2 is 1.68 bits per heavy atom. The third-order valence-corrected chi connectivity index (χ3v) is 7.08. The average Bonchev–Trinajstić information content (AvgIpc) is 3.28. The van der Waals surface area contributed by atoms with Crippen LogP contribution in [0.3, 0.4) is 0 Å². The summed E-state index contributed by atoms with van der Waals surface area (Å²) in [5, 5.41) is 1.90. The number of imide groups is 1. The van der Waals surface area contributed by atoms with Crippen LogP contribution >= 0.6 is 11.8 Å². The summed E-state index contributed by atoms with van der Waals surface area (Å²) in [4.78, 5) is 27.8. The van der Waals surface area contributed by atoms with Crippen LogP contribution in [0.15, 0.2) is 77.7 Å². The van der Waals surface area contributed by atoms with Crippen molar-refractivity contribution < 1.29 is 14.3 Å². The molecule has 0 radical (unpaired) electrons. The molecule has 0 unspecified atom stereocenters. The molecule has 5 rings (SSSR count). The summed E-state index contributed by atoms with van der Waals surface area (Å²) in [6.07, 6.45) is 1.83. The molecule has 0 bridgehead atoms. The van der Waals surface area contributed by atoms with Crippen LogP contribution in [0.2, 0.25) is 0 Å². The quantitative estimate of drug-likeness (QED) is 0.314. The van der Waals surface area contributed by atoms with Crippen LogP contribution in [0.1, 0.15) is 22.5 Å². The average molecular weight is 469 g/mol. The minimum absolute atomic E-state index is 0.242. The molecule has 0 atom stereocenters. The number of fused-ring (bicyclic) bond motifs is 1. The van der Waals surface area contributed by atoms with Crippen molar-refractivity contribution in [2.24, 2.45) is 0 Å². The number of amides is 2. The highest BCUT2D eigenvalue weighted by molar-refractivity contribution is 8.18. The van der Waals surface area contributed by atoms with E-state index in [1.54, 1.807) is 7.11 Å². The van der Waals surface area contributed by atoms with Crippen LogP contribution in [-0.4, -0.2) is 27.7 Å². The third kappa shape index (κ3) is 3.90. The lowest BCUT2D eigenvalue weighted by Crippen LogP contribution is -2.27. The van der Waals surface area contributed by atoms with Gasteiger partial charge in [0.15, 0.2) is 0 Å². The molecule has 3 aromatic carbocycles. The summed E-state index contributed by atoms with van der Waals surface area (Å²) in [6.45, 7) is 4.30.